The summed E-state index contributed by atoms with van der Waals surface area (Å²) in [5.74, 6) is -0.999. The lowest BCUT2D eigenvalue weighted by Gasteiger charge is -2.32. The third-order valence-electron chi connectivity index (χ3n) is 4.71. The van der Waals surface area contributed by atoms with Crippen molar-refractivity contribution in [1.29, 1.82) is 0 Å². The Balaban J connectivity index is 1.88. The van der Waals surface area contributed by atoms with Crippen LogP contribution in [0.2, 0.25) is 0 Å². The van der Waals surface area contributed by atoms with Crippen LogP contribution in [0.25, 0.3) is 0 Å². The van der Waals surface area contributed by atoms with Gasteiger partial charge in [0.25, 0.3) is 0 Å². The van der Waals surface area contributed by atoms with Gasteiger partial charge in [-0.2, -0.15) is 0 Å². The van der Waals surface area contributed by atoms with Crippen LogP contribution in [-0.4, -0.2) is 29.4 Å². The molecule has 7 heteroatoms. The molecule has 1 unspecified atom stereocenters. The Bertz CT molecular complexity index is 828. The smallest absolute Gasteiger partial charge is 0.250 e. The number of hydrogen-bond donors (Lipinski definition) is 2. The molecule has 0 radical (unpaired) electrons. The molecule has 1 aliphatic heterocycles. The standard InChI is InChI=1S/C20H22FN3O3/c1-27-17-8-7-15(11-16(17)21)23-19(26)20(9-3-2-6-18(25)24-20)12-14-5-4-10-22-13-14/h4-5,7-8,10-11,13H,2-3,6,9,12H2,1H3,(H,23,26)(H,24,25). The normalized spacial score (nSPS) is 19.7. The lowest BCUT2D eigenvalue weighted by molar-refractivity contribution is -0.130. The third kappa shape index (κ3) is 4.42. The number of nitrogens with zero attached hydrogens (tertiary/aromatic N) is 1. The molecule has 1 fully saturated rings. The van der Waals surface area contributed by atoms with Crippen molar-refractivity contribution in [3.8, 4) is 5.75 Å². The zero-order valence-electron chi connectivity index (χ0n) is 15.1. The minimum absolute atomic E-state index is 0.0980. The summed E-state index contributed by atoms with van der Waals surface area (Å²) in [5, 5.41) is 5.64. The highest BCUT2D eigenvalue weighted by Gasteiger charge is 2.41. The van der Waals surface area contributed by atoms with Gasteiger partial charge in [-0.15, -0.1) is 0 Å². The number of carbonyl (C=O) groups is 2. The number of hydrogen-bond acceptors (Lipinski definition) is 4. The Labute approximate surface area is 157 Å². The van der Waals surface area contributed by atoms with Gasteiger partial charge in [-0.3, -0.25) is 14.6 Å². The maximum Gasteiger partial charge on any atom is 0.250 e. The molecule has 6 nitrogen and oxygen atoms in total. The van der Waals surface area contributed by atoms with Gasteiger partial charge in [0.05, 0.1) is 7.11 Å². The van der Waals surface area contributed by atoms with Gasteiger partial charge in [0.15, 0.2) is 11.6 Å². The van der Waals surface area contributed by atoms with Crippen LogP contribution in [-0.2, 0) is 16.0 Å². The van der Waals surface area contributed by atoms with E-state index >= 15 is 0 Å². The molecular formula is C20H22FN3O3. The molecular weight excluding hydrogens is 349 g/mol. The van der Waals surface area contributed by atoms with Crippen LogP contribution < -0.4 is 15.4 Å². The number of ether oxygens (including phenoxy) is 1. The summed E-state index contributed by atoms with van der Waals surface area (Å²) >= 11 is 0. The Morgan fingerprint density at radius 1 is 1.37 bits per heavy atom. The van der Waals surface area contributed by atoms with Gasteiger partial charge < -0.3 is 15.4 Å². The van der Waals surface area contributed by atoms with Crippen LogP contribution in [0.4, 0.5) is 10.1 Å². The second-order valence-corrected chi connectivity index (χ2v) is 6.68. The van der Waals surface area contributed by atoms with Crippen LogP contribution in [0.15, 0.2) is 42.7 Å². The summed E-state index contributed by atoms with van der Waals surface area (Å²) in [5.41, 5.74) is 0.0469. The second kappa shape index (κ2) is 8.16. The van der Waals surface area contributed by atoms with Crippen molar-refractivity contribution in [2.45, 2.75) is 37.6 Å². The number of aromatic nitrogens is 1. The van der Waals surface area contributed by atoms with Crippen LogP contribution in [0.5, 0.6) is 5.75 Å². The van der Waals surface area contributed by atoms with Crippen molar-refractivity contribution in [2.24, 2.45) is 0 Å². The SMILES string of the molecule is COc1ccc(NC(=O)C2(Cc3cccnc3)CCCCC(=O)N2)cc1F. The Hall–Kier alpha value is -2.96. The Morgan fingerprint density at radius 2 is 2.22 bits per heavy atom. The van der Waals surface area contributed by atoms with E-state index in [0.29, 0.717) is 24.9 Å². The first-order valence-electron chi connectivity index (χ1n) is 8.87. The van der Waals surface area contributed by atoms with E-state index in [1.807, 2.05) is 6.07 Å². The number of methoxy groups -OCH3 is 1. The molecule has 2 aromatic rings. The number of amides is 2. The van der Waals surface area contributed by atoms with E-state index in [-0.39, 0.29) is 17.6 Å². The first-order chi connectivity index (χ1) is 13.0. The molecule has 0 saturated carbocycles. The van der Waals surface area contributed by atoms with Gasteiger partial charge in [0.1, 0.15) is 5.54 Å². The summed E-state index contributed by atoms with van der Waals surface area (Å²) in [7, 11) is 1.38. The third-order valence-corrected chi connectivity index (χ3v) is 4.71. The number of nitrogens with one attached hydrogen (secondary N) is 2. The fraction of sp³-hybridized carbons (Fsp3) is 0.350. The molecule has 27 heavy (non-hydrogen) atoms. The first kappa shape index (κ1) is 18.8. The monoisotopic (exact) mass is 371 g/mol. The molecule has 3 rings (SSSR count). The zero-order chi connectivity index (χ0) is 19.3. The highest BCUT2D eigenvalue weighted by atomic mass is 19.1. The molecule has 0 aliphatic carbocycles. The largest absolute Gasteiger partial charge is 0.494 e. The first-order valence-corrected chi connectivity index (χ1v) is 8.87. The summed E-state index contributed by atoms with van der Waals surface area (Å²) < 4.78 is 18.9. The molecule has 2 amide bonds. The van der Waals surface area contributed by atoms with E-state index in [1.54, 1.807) is 24.5 Å². The number of carbonyl (C=O) groups excluding carboxylic acids is 2. The van der Waals surface area contributed by atoms with Crippen LogP contribution >= 0.6 is 0 Å². The van der Waals surface area contributed by atoms with Crippen molar-refractivity contribution < 1.29 is 18.7 Å². The predicted octanol–water partition coefficient (Wildman–Crippen LogP) is 2.84. The number of halogens is 1. The van der Waals surface area contributed by atoms with E-state index in [1.165, 1.54) is 19.2 Å². The topological polar surface area (TPSA) is 80.3 Å². The number of pyridine rings is 1. The Morgan fingerprint density at radius 3 is 2.93 bits per heavy atom. The summed E-state index contributed by atoms with van der Waals surface area (Å²) in [6.07, 6.45) is 6.00. The van der Waals surface area contributed by atoms with Crippen LogP contribution in [0.1, 0.15) is 31.2 Å². The van der Waals surface area contributed by atoms with Crippen molar-refractivity contribution >= 4 is 17.5 Å². The predicted molar refractivity (Wildman–Crippen MR) is 98.9 cm³/mol. The Kier molecular flexibility index (Phi) is 5.69. The van der Waals surface area contributed by atoms with E-state index in [4.69, 9.17) is 4.74 Å². The highest BCUT2D eigenvalue weighted by molar-refractivity contribution is 6.01. The van der Waals surface area contributed by atoms with E-state index in [2.05, 4.69) is 15.6 Å². The van der Waals surface area contributed by atoms with Gasteiger partial charge in [0, 0.05) is 37.0 Å². The molecule has 1 saturated heterocycles. The average Bonchev–Trinajstić information content (AvgIpc) is 2.85. The van der Waals surface area contributed by atoms with Crippen LogP contribution in [0, 0.1) is 5.82 Å². The van der Waals surface area contributed by atoms with Crippen LogP contribution in [0.3, 0.4) is 0 Å². The quantitative estimate of drug-likeness (QED) is 0.847. The maximum atomic E-state index is 14.0. The van der Waals surface area contributed by atoms with E-state index in [0.717, 1.165) is 18.4 Å². The minimum Gasteiger partial charge on any atom is -0.494 e. The average molecular weight is 371 g/mol. The zero-order valence-corrected chi connectivity index (χ0v) is 15.1. The van der Waals surface area contributed by atoms with Gasteiger partial charge in [-0.25, -0.2) is 4.39 Å². The molecule has 0 spiro atoms. The highest BCUT2D eigenvalue weighted by Crippen LogP contribution is 2.27. The summed E-state index contributed by atoms with van der Waals surface area (Å²) in [6.45, 7) is 0. The maximum absolute atomic E-state index is 14.0. The molecule has 1 aliphatic rings. The van der Waals surface area contributed by atoms with Gasteiger partial charge in [0.2, 0.25) is 11.8 Å². The van der Waals surface area contributed by atoms with Crippen molar-refractivity contribution in [3.63, 3.8) is 0 Å². The number of benzene rings is 1. The van der Waals surface area contributed by atoms with E-state index in [9.17, 15) is 14.0 Å². The van der Waals surface area contributed by atoms with Crippen molar-refractivity contribution in [2.75, 3.05) is 12.4 Å². The number of anilines is 1. The molecule has 1 atom stereocenters. The lowest BCUT2D eigenvalue weighted by Crippen LogP contribution is -2.57. The van der Waals surface area contributed by atoms with Gasteiger partial charge in [-0.1, -0.05) is 12.5 Å². The number of rotatable bonds is 5. The molecule has 1 aromatic heterocycles. The molecule has 2 heterocycles. The lowest BCUT2D eigenvalue weighted by atomic mass is 9.86. The van der Waals surface area contributed by atoms with Crippen molar-refractivity contribution in [1.82, 2.24) is 10.3 Å². The summed E-state index contributed by atoms with van der Waals surface area (Å²) in [4.78, 5) is 29.4. The summed E-state index contributed by atoms with van der Waals surface area (Å²) in [6, 6.07) is 7.87. The molecule has 2 N–H and O–H groups in total. The van der Waals surface area contributed by atoms with Crippen molar-refractivity contribution in [3.05, 3.63) is 54.1 Å². The fourth-order valence-corrected chi connectivity index (χ4v) is 3.33. The van der Waals surface area contributed by atoms with E-state index < -0.39 is 11.4 Å². The minimum atomic E-state index is -1.10. The molecule has 0 bridgehead atoms. The van der Waals surface area contributed by atoms with Gasteiger partial charge >= 0.3 is 0 Å². The fourth-order valence-electron chi connectivity index (χ4n) is 3.33. The molecule has 1 aromatic carbocycles. The molecule has 142 valence electrons. The van der Waals surface area contributed by atoms with Gasteiger partial charge in [-0.05, 0) is 36.6 Å². The second-order valence-electron chi connectivity index (χ2n) is 6.68.